The van der Waals surface area contributed by atoms with Gasteiger partial charge in [-0.05, 0) is 43.4 Å². The van der Waals surface area contributed by atoms with Crippen LogP contribution >= 0.6 is 35.0 Å². The van der Waals surface area contributed by atoms with E-state index in [9.17, 15) is 0 Å². The van der Waals surface area contributed by atoms with Gasteiger partial charge in [-0.25, -0.2) is 0 Å². The summed E-state index contributed by atoms with van der Waals surface area (Å²) >= 11 is 14.2. The first-order chi connectivity index (χ1) is 11.7. The maximum Gasteiger partial charge on any atom is 0.191 e. The molecule has 0 radical (unpaired) electrons. The van der Waals surface area contributed by atoms with E-state index in [1.54, 1.807) is 11.8 Å². The Morgan fingerprint density at radius 2 is 1.96 bits per heavy atom. The molecule has 1 aromatic heterocycles. The van der Waals surface area contributed by atoms with Crippen molar-refractivity contribution in [2.24, 2.45) is 0 Å². The van der Waals surface area contributed by atoms with Crippen LogP contribution in [0.15, 0.2) is 23.4 Å². The van der Waals surface area contributed by atoms with Crippen LogP contribution in [0.25, 0.3) is 0 Å². The van der Waals surface area contributed by atoms with Gasteiger partial charge in [-0.3, -0.25) is 0 Å². The SMILES string of the molecule is Clc1cccc(Cl)c1CSc1nnc(C2CC2)n1CC1CCCO1. The number of hydrogen-bond donors (Lipinski definition) is 0. The van der Waals surface area contributed by atoms with Crippen LogP contribution in [0.2, 0.25) is 10.0 Å². The van der Waals surface area contributed by atoms with E-state index in [-0.39, 0.29) is 6.10 Å². The van der Waals surface area contributed by atoms with Crippen molar-refractivity contribution < 1.29 is 4.74 Å². The Bertz CT molecular complexity index is 706. The van der Waals surface area contributed by atoms with Crippen molar-refractivity contribution in [2.75, 3.05) is 6.61 Å². The topological polar surface area (TPSA) is 39.9 Å². The van der Waals surface area contributed by atoms with E-state index in [4.69, 9.17) is 27.9 Å². The zero-order chi connectivity index (χ0) is 16.5. The Labute approximate surface area is 155 Å². The zero-order valence-electron chi connectivity index (χ0n) is 13.3. The van der Waals surface area contributed by atoms with Crippen molar-refractivity contribution in [1.82, 2.24) is 14.8 Å². The summed E-state index contributed by atoms with van der Waals surface area (Å²) in [6.07, 6.45) is 4.96. The van der Waals surface area contributed by atoms with Gasteiger partial charge in [-0.2, -0.15) is 0 Å². The average molecular weight is 384 g/mol. The standard InChI is InChI=1S/C17H19Cl2N3OS/c18-14-4-1-5-15(19)13(14)10-24-17-21-20-16(11-6-7-11)22(17)9-12-3-2-8-23-12/h1,4-5,11-12H,2-3,6-10H2. The molecule has 0 N–H and O–H groups in total. The normalized spacial score (nSPS) is 20.7. The molecule has 2 aliphatic rings. The lowest BCUT2D eigenvalue weighted by Crippen LogP contribution is -2.17. The van der Waals surface area contributed by atoms with Gasteiger partial charge in [0.05, 0.1) is 12.6 Å². The summed E-state index contributed by atoms with van der Waals surface area (Å²) in [7, 11) is 0. The molecule has 1 saturated carbocycles. The van der Waals surface area contributed by atoms with E-state index < -0.39 is 0 Å². The lowest BCUT2D eigenvalue weighted by atomic mass is 10.2. The molecule has 7 heteroatoms. The Morgan fingerprint density at radius 3 is 2.62 bits per heavy atom. The molecule has 0 amide bonds. The highest BCUT2D eigenvalue weighted by Crippen LogP contribution is 2.41. The van der Waals surface area contributed by atoms with Crippen molar-refractivity contribution >= 4 is 35.0 Å². The number of ether oxygens (including phenoxy) is 1. The summed E-state index contributed by atoms with van der Waals surface area (Å²) < 4.78 is 8.06. The predicted molar refractivity (Wildman–Crippen MR) is 97.0 cm³/mol. The fraction of sp³-hybridized carbons (Fsp3) is 0.529. The van der Waals surface area contributed by atoms with Gasteiger partial charge < -0.3 is 9.30 Å². The lowest BCUT2D eigenvalue weighted by Gasteiger charge is -2.14. The van der Waals surface area contributed by atoms with E-state index in [1.165, 1.54) is 12.8 Å². The molecule has 2 heterocycles. The minimum atomic E-state index is 0.279. The summed E-state index contributed by atoms with van der Waals surface area (Å²) in [6.45, 7) is 1.71. The number of aromatic nitrogens is 3. The largest absolute Gasteiger partial charge is 0.376 e. The number of nitrogens with zero attached hydrogens (tertiary/aromatic N) is 3. The fourth-order valence-corrected chi connectivity index (χ4v) is 4.72. The minimum Gasteiger partial charge on any atom is -0.376 e. The maximum atomic E-state index is 6.28. The van der Waals surface area contributed by atoms with Gasteiger partial charge in [0.2, 0.25) is 0 Å². The average Bonchev–Trinajstić information content (AvgIpc) is 3.13. The highest BCUT2D eigenvalue weighted by Gasteiger charge is 2.31. The summed E-state index contributed by atoms with van der Waals surface area (Å²) in [5.74, 6) is 2.36. The molecule has 1 aliphatic carbocycles. The second-order valence-electron chi connectivity index (χ2n) is 6.35. The molecule has 128 valence electrons. The molecular formula is C17H19Cl2N3OS. The van der Waals surface area contributed by atoms with Crippen LogP contribution in [0.1, 0.15) is 43.0 Å². The lowest BCUT2D eigenvalue weighted by molar-refractivity contribution is 0.0942. The summed E-state index contributed by atoms with van der Waals surface area (Å²) in [4.78, 5) is 0. The van der Waals surface area contributed by atoms with Gasteiger partial charge in [0.15, 0.2) is 5.16 Å². The minimum absolute atomic E-state index is 0.279. The van der Waals surface area contributed by atoms with Crippen molar-refractivity contribution in [3.05, 3.63) is 39.6 Å². The van der Waals surface area contributed by atoms with Crippen LogP contribution in [-0.2, 0) is 17.0 Å². The first-order valence-corrected chi connectivity index (χ1v) is 10.1. The molecule has 0 bridgehead atoms. The summed E-state index contributed by atoms with van der Waals surface area (Å²) in [5, 5.41) is 11.2. The molecule has 1 aliphatic heterocycles. The molecule has 1 saturated heterocycles. The van der Waals surface area contributed by atoms with Crippen LogP contribution in [-0.4, -0.2) is 27.5 Å². The number of halogens is 2. The van der Waals surface area contributed by atoms with Gasteiger partial charge in [0.1, 0.15) is 5.82 Å². The summed E-state index contributed by atoms with van der Waals surface area (Å²) in [5.41, 5.74) is 0.950. The fourth-order valence-electron chi connectivity index (χ4n) is 3.02. The molecule has 2 aromatic rings. The molecular weight excluding hydrogens is 365 g/mol. The quantitative estimate of drug-likeness (QED) is 0.662. The molecule has 24 heavy (non-hydrogen) atoms. The van der Waals surface area contributed by atoms with Crippen molar-refractivity contribution in [2.45, 2.75) is 55.2 Å². The molecule has 1 unspecified atom stereocenters. The monoisotopic (exact) mass is 383 g/mol. The Morgan fingerprint density at radius 1 is 1.17 bits per heavy atom. The second-order valence-corrected chi connectivity index (χ2v) is 8.11. The molecule has 0 spiro atoms. The first-order valence-electron chi connectivity index (χ1n) is 8.33. The first kappa shape index (κ1) is 16.7. The van der Waals surface area contributed by atoms with Crippen molar-refractivity contribution in [1.29, 1.82) is 0 Å². The van der Waals surface area contributed by atoms with Gasteiger partial charge >= 0.3 is 0 Å². The molecule has 1 atom stereocenters. The third-order valence-electron chi connectivity index (χ3n) is 4.51. The Balaban J connectivity index is 1.53. The van der Waals surface area contributed by atoms with Crippen LogP contribution in [0.4, 0.5) is 0 Å². The van der Waals surface area contributed by atoms with Gasteiger partial charge in [0, 0.05) is 28.3 Å². The second kappa shape index (κ2) is 7.24. The van der Waals surface area contributed by atoms with E-state index in [2.05, 4.69) is 14.8 Å². The van der Waals surface area contributed by atoms with Crippen molar-refractivity contribution in [3.63, 3.8) is 0 Å². The Kier molecular flexibility index (Phi) is 5.04. The van der Waals surface area contributed by atoms with Gasteiger partial charge in [-0.1, -0.05) is 41.0 Å². The highest BCUT2D eigenvalue weighted by atomic mass is 35.5. The zero-order valence-corrected chi connectivity index (χ0v) is 15.6. The number of rotatable bonds is 6. The number of hydrogen-bond acceptors (Lipinski definition) is 4. The highest BCUT2D eigenvalue weighted by molar-refractivity contribution is 7.98. The molecule has 2 fully saturated rings. The van der Waals surface area contributed by atoms with Crippen LogP contribution < -0.4 is 0 Å². The van der Waals surface area contributed by atoms with Crippen LogP contribution in [0.5, 0.6) is 0 Å². The van der Waals surface area contributed by atoms with E-state index >= 15 is 0 Å². The molecule has 4 nitrogen and oxygen atoms in total. The third kappa shape index (κ3) is 3.59. The van der Waals surface area contributed by atoms with Crippen LogP contribution in [0.3, 0.4) is 0 Å². The van der Waals surface area contributed by atoms with Crippen molar-refractivity contribution in [3.8, 4) is 0 Å². The molecule has 4 rings (SSSR count). The number of benzene rings is 1. The van der Waals surface area contributed by atoms with E-state index in [0.717, 1.165) is 42.5 Å². The molecule has 1 aromatic carbocycles. The van der Waals surface area contributed by atoms with Gasteiger partial charge in [-0.15, -0.1) is 10.2 Å². The predicted octanol–water partition coefficient (Wildman–Crippen LogP) is 4.93. The number of thioether (sulfide) groups is 1. The van der Waals surface area contributed by atoms with Crippen LogP contribution in [0, 0.1) is 0 Å². The maximum absolute atomic E-state index is 6.28. The smallest absolute Gasteiger partial charge is 0.191 e. The van der Waals surface area contributed by atoms with Gasteiger partial charge in [0.25, 0.3) is 0 Å². The summed E-state index contributed by atoms with van der Waals surface area (Å²) in [6, 6.07) is 5.61. The third-order valence-corrected chi connectivity index (χ3v) is 6.21. The Hall–Kier alpha value is -0.750. The van der Waals surface area contributed by atoms with E-state index in [1.807, 2.05) is 18.2 Å². The van der Waals surface area contributed by atoms with E-state index in [0.29, 0.717) is 21.7 Å².